The predicted octanol–water partition coefficient (Wildman–Crippen LogP) is 0.431. The summed E-state index contributed by atoms with van der Waals surface area (Å²) in [6.07, 6.45) is 1.34. The highest BCUT2D eigenvalue weighted by molar-refractivity contribution is 4.97. The fourth-order valence-electron chi connectivity index (χ4n) is 1.98. The van der Waals surface area contributed by atoms with Crippen molar-refractivity contribution in [1.29, 1.82) is 0 Å². The van der Waals surface area contributed by atoms with E-state index < -0.39 is 0 Å². The second kappa shape index (κ2) is 8.83. The average molecular weight is 247 g/mol. The van der Waals surface area contributed by atoms with E-state index in [-0.39, 0.29) is 12.2 Å². The summed E-state index contributed by atoms with van der Waals surface area (Å²) in [6.45, 7) is 5.57. The lowest BCUT2D eigenvalue weighted by Gasteiger charge is -2.44. The van der Waals surface area contributed by atoms with E-state index >= 15 is 0 Å². The van der Waals surface area contributed by atoms with Crippen LogP contribution >= 0.6 is 0 Å². The van der Waals surface area contributed by atoms with Gasteiger partial charge in [-0.25, -0.2) is 0 Å². The van der Waals surface area contributed by atoms with Gasteiger partial charge < -0.3 is 24.3 Å². The van der Waals surface area contributed by atoms with Crippen molar-refractivity contribution >= 4 is 0 Å². The van der Waals surface area contributed by atoms with E-state index in [9.17, 15) is 0 Å². The Kier molecular flexibility index (Phi) is 7.72. The van der Waals surface area contributed by atoms with Crippen molar-refractivity contribution in [2.45, 2.75) is 31.6 Å². The van der Waals surface area contributed by atoms with Crippen LogP contribution in [0.5, 0.6) is 0 Å². The molecule has 102 valence electrons. The molecule has 3 unspecified atom stereocenters. The van der Waals surface area contributed by atoms with Crippen LogP contribution in [0, 0.1) is 0 Å². The van der Waals surface area contributed by atoms with Crippen molar-refractivity contribution in [2.75, 3.05) is 47.2 Å². The molecule has 1 N–H and O–H groups in total. The Hall–Kier alpha value is -0.200. The van der Waals surface area contributed by atoms with E-state index in [1.165, 1.54) is 0 Å². The van der Waals surface area contributed by atoms with E-state index in [2.05, 4.69) is 12.2 Å². The lowest BCUT2D eigenvalue weighted by atomic mass is 9.85. The lowest BCUT2D eigenvalue weighted by Crippen LogP contribution is -2.60. The summed E-state index contributed by atoms with van der Waals surface area (Å²) in [7, 11) is 3.36. The molecule has 0 spiro atoms. The second-order valence-corrected chi connectivity index (χ2v) is 4.13. The Labute approximate surface area is 104 Å². The molecule has 0 amide bonds. The Bertz CT molecular complexity index is 189. The molecule has 0 heterocycles. The van der Waals surface area contributed by atoms with E-state index in [0.717, 1.165) is 13.0 Å². The summed E-state index contributed by atoms with van der Waals surface area (Å²) in [6, 6.07) is 0.407. The largest absolute Gasteiger partial charge is 0.382 e. The van der Waals surface area contributed by atoms with Crippen molar-refractivity contribution < 1.29 is 18.9 Å². The van der Waals surface area contributed by atoms with Crippen molar-refractivity contribution in [3.05, 3.63) is 0 Å². The van der Waals surface area contributed by atoms with Crippen LogP contribution in [0.3, 0.4) is 0 Å². The average Bonchev–Trinajstić information content (AvgIpc) is 2.32. The zero-order chi connectivity index (χ0) is 12.5. The molecule has 1 aliphatic rings. The molecule has 1 fully saturated rings. The normalized spacial score (nSPS) is 28.1. The van der Waals surface area contributed by atoms with Crippen LogP contribution in [0.25, 0.3) is 0 Å². The summed E-state index contributed by atoms with van der Waals surface area (Å²) in [4.78, 5) is 0. The standard InChI is InChI=1S/C12H25NO4/c1-4-13-10-9-11(16-7-5-14-2)12(10)17-8-6-15-3/h10-13H,4-9H2,1-3H3. The molecule has 0 saturated heterocycles. The summed E-state index contributed by atoms with van der Waals surface area (Å²) in [5.74, 6) is 0. The summed E-state index contributed by atoms with van der Waals surface area (Å²) in [5, 5.41) is 3.40. The summed E-state index contributed by atoms with van der Waals surface area (Å²) >= 11 is 0. The lowest BCUT2D eigenvalue weighted by molar-refractivity contribution is -0.155. The van der Waals surface area contributed by atoms with Crippen molar-refractivity contribution in [2.24, 2.45) is 0 Å². The molecule has 3 atom stereocenters. The Morgan fingerprint density at radius 3 is 2.24 bits per heavy atom. The van der Waals surface area contributed by atoms with E-state index in [0.29, 0.717) is 32.5 Å². The van der Waals surface area contributed by atoms with E-state index in [1.807, 2.05) is 0 Å². The first-order valence-electron chi connectivity index (χ1n) is 6.28. The van der Waals surface area contributed by atoms with Gasteiger partial charge in [-0.2, -0.15) is 0 Å². The Morgan fingerprint density at radius 2 is 1.65 bits per heavy atom. The zero-order valence-corrected chi connectivity index (χ0v) is 11.1. The SMILES string of the molecule is CCNC1CC(OCCOC)C1OCCOC. The number of hydrogen-bond acceptors (Lipinski definition) is 5. The monoisotopic (exact) mass is 247 g/mol. The quantitative estimate of drug-likeness (QED) is 0.567. The Balaban J connectivity index is 2.22. The number of ether oxygens (including phenoxy) is 4. The van der Waals surface area contributed by atoms with Crippen molar-refractivity contribution in [3.8, 4) is 0 Å². The third kappa shape index (κ3) is 4.89. The van der Waals surface area contributed by atoms with Gasteiger partial charge in [-0.3, -0.25) is 0 Å². The van der Waals surface area contributed by atoms with Gasteiger partial charge in [-0.15, -0.1) is 0 Å². The van der Waals surface area contributed by atoms with Crippen LogP contribution in [0.4, 0.5) is 0 Å². The molecule has 5 heteroatoms. The number of hydrogen-bond donors (Lipinski definition) is 1. The van der Waals surface area contributed by atoms with Gasteiger partial charge in [0.2, 0.25) is 0 Å². The third-order valence-electron chi connectivity index (χ3n) is 2.93. The summed E-state index contributed by atoms with van der Waals surface area (Å²) in [5.41, 5.74) is 0. The van der Waals surface area contributed by atoms with Gasteiger partial charge >= 0.3 is 0 Å². The van der Waals surface area contributed by atoms with Crippen molar-refractivity contribution in [1.82, 2.24) is 5.32 Å². The maximum atomic E-state index is 5.77. The summed E-state index contributed by atoms with van der Waals surface area (Å²) < 4.78 is 21.4. The maximum Gasteiger partial charge on any atom is 0.0991 e. The fourth-order valence-corrected chi connectivity index (χ4v) is 1.98. The molecule has 0 aliphatic heterocycles. The van der Waals surface area contributed by atoms with Crippen LogP contribution in [0.15, 0.2) is 0 Å². The highest BCUT2D eigenvalue weighted by Gasteiger charge is 2.42. The van der Waals surface area contributed by atoms with Crippen LogP contribution in [0.2, 0.25) is 0 Å². The van der Waals surface area contributed by atoms with Crippen LogP contribution < -0.4 is 5.32 Å². The number of likely N-dealkylation sites (N-methyl/N-ethyl adjacent to an activating group) is 1. The topological polar surface area (TPSA) is 49.0 Å². The molecular weight excluding hydrogens is 222 g/mol. The molecule has 1 saturated carbocycles. The molecule has 1 rings (SSSR count). The molecule has 0 radical (unpaired) electrons. The highest BCUT2D eigenvalue weighted by Crippen LogP contribution is 2.27. The van der Waals surface area contributed by atoms with Gasteiger partial charge in [0, 0.05) is 20.3 Å². The third-order valence-corrected chi connectivity index (χ3v) is 2.93. The van der Waals surface area contributed by atoms with Gasteiger partial charge in [-0.1, -0.05) is 6.92 Å². The van der Waals surface area contributed by atoms with Gasteiger partial charge in [0.1, 0.15) is 0 Å². The van der Waals surface area contributed by atoms with Crippen molar-refractivity contribution in [3.63, 3.8) is 0 Å². The minimum atomic E-state index is 0.141. The van der Waals surface area contributed by atoms with E-state index in [4.69, 9.17) is 18.9 Å². The van der Waals surface area contributed by atoms with Gasteiger partial charge in [0.05, 0.1) is 38.6 Å². The minimum absolute atomic E-state index is 0.141. The maximum absolute atomic E-state index is 5.77. The van der Waals surface area contributed by atoms with Crippen LogP contribution in [-0.4, -0.2) is 65.4 Å². The van der Waals surface area contributed by atoms with Gasteiger partial charge in [0.25, 0.3) is 0 Å². The molecule has 0 bridgehead atoms. The van der Waals surface area contributed by atoms with Gasteiger partial charge in [0.15, 0.2) is 0 Å². The zero-order valence-electron chi connectivity index (χ0n) is 11.1. The Morgan fingerprint density at radius 1 is 1.00 bits per heavy atom. The molecular formula is C12H25NO4. The second-order valence-electron chi connectivity index (χ2n) is 4.13. The first kappa shape index (κ1) is 14.9. The first-order valence-corrected chi connectivity index (χ1v) is 6.28. The molecule has 0 aromatic carbocycles. The van der Waals surface area contributed by atoms with Gasteiger partial charge in [-0.05, 0) is 13.0 Å². The number of methoxy groups -OCH3 is 2. The molecule has 17 heavy (non-hydrogen) atoms. The molecule has 5 nitrogen and oxygen atoms in total. The number of rotatable bonds is 10. The van der Waals surface area contributed by atoms with Crippen LogP contribution in [-0.2, 0) is 18.9 Å². The van der Waals surface area contributed by atoms with E-state index in [1.54, 1.807) is 14.2 Å². The molecule has 1 aliphatic carbocycles. The smallest absolute Gasteiger partial charge is 0.0991 e. The minimum Gasteiger partial charge on any atom is -0.382 e. The highest BCUT2D eigenvalue weighted by atomic mass is 16.6. The fraction of sp³-hybridized carbons (Fsp3) is 1.00. The predicted molar refractivity (Wildman–Crippen MR) is 65.3 cm³/mol. The number of nitrogens with one attached hydrogen (secondary N) is 1. The van der Waals surface area contributed by atoms with Crippen LogP contribution in [0.1, 0.15) is 13.3 Å². The first-order chi connectivity index (χ1) is 8.33. The molecule has 0 aromatic rings. The molecule has 0 aromatic heterocycles.